The van der Waals surface area contributed by atoms with Gasteiger partial charge >= 0.3 is 0 Å². The zero-order valence-corrected chi connectivity index (χ0v) is 14.8. The summed E-state index contributed by atoms with van der Waals surface area (Å²) < 4.78 is 27.8. The lowest BCUT2D eigenvalue weighted by molar-refractivity contribution is 0.583. The van der Waals surface area contributed by atoms with Gasteiger partial charge in [0.15, 0.2) is 0 Å². The lowest BCUT2D eigenvalue weighted by atomic mass is 10.2. The Hall–Kier alpha value is -0.730. The SMILES string of the molecule is CCNCc1sc(S(=O)(=O)NCc2cscc2C)cc1C. The maximum absolute atomic E-state index is 12.4. The number of aryl methyl sites for hydroxylation is 2. The van der Waals surface area contributed by atoms with Crippen molar-refractivity contribution in [1.29, 1.82) is 0 Å². The molecule has 0 radical (unpaired) electrons. The molecule has 2 rings (SSSR count). The Morgan fingerprint density at radius 1 is 1.14 bits per heavy atom. The van der Waals surface area contributed by atoms with Gasteiger partial charge in [-0.2, -0.15) is 11.3 Å². The normalized spacial score (nSPS) is 12.0. The summed E-state index contributed by atoms with van der Waals surface area (Å²) in [7, 11) is -3.43. The van der Waals surface area contributed by atoms with Crippen LogP contribution >= 0.6 is 22.7 Å². The summed E-state index contributed by atoms with van der Waals surface area (Å²) in [6, 6.07) is 1.75. The lowest BCUT2D eigenvalue weighted by Crippen LogP contribution is -2.22. The van der Waals surface area contributed by atoms with Gasteiger partial charge in [0.2, 0.25) is 10.0 Å². The molecule has 0 aliphatic rings. The van der Waals surface area contributed by atoms with E-state index in [0.29, 0.717) is 17.3 Å². The number of sulfonamides is 1. The summed E-state index contributed by atoms with van der Waals surface area (Å²) in [5.41, 5.74) is 3.18. The van der Waals surface area contributed by atoms with Gasteiger partial charge in [-0.25, -0.2) is 13.1 Å². The molecule has 0 spiro atoms. The standard InChI is InChI=1S/C14H20N2O2S3/c1-4-15-7-13-10(2)5-14(20-13)21(17,18)16-6-12-9-19-8-11(12)3/h5,8-9,15-16H,4,6-7H2,1-3H3. The van der Waals surface area contributed by atoms with Crippen LogP contribution in [-0.4, -0.2) is 15.0 Å². The van der Waals surface area contributed by atoms with Crippen LogP contribution in [0.1, 0.15) is 28.5 Å². The Balaban J connectivity index is 2.10. The minimum atomic E-state index is -3.43. The third-order valence-corrected chi connectivity index (χ3v) is 7.23. The molecule has 2 aromatic heterocycles. The van der Waals surface area contributed by atoms with Crippen LogP contribution in [-0.2, 0) is 23.1 Å². The summed E-state index contributed by atoms with van der Waals surface area (Å²) in [5.74, 6) is 0. The lowest BCUT2D eigenvalue weighted by Gasteiger charge is -2.04. The van der Waals surface area contributed by atoms with E-state index in [4.69, 9.17) is 0 Å². The van der Waals surface area contributed by atoms with Crippen molar-refractivity contribution in [3.05, 3.63) is 38.4 Å². The largest absolute Gasteiger partial charge is 0.312 e. The van der Waals surface area contributed by atoms with Gasteiger partial charge in [-0.3, -0.25) is 0 Å². The zero-order valence-electron chi connectivity index (χ0n) is 12.4. The number of nitrogens with one attached hydrogen (secondary N) is 2. The molecule has 0 saturated heterocycles. The fourth-order valence-electron chi connectivity index (χ4n) is 1.85. The van der Waals surface area contributed by atoms with E-state index in [9.17, 15) is 8.42 Å². The van der Waals surface area contributed by atoms with E-state index in [-0.39, 0.29) is 0 Å². The van der Waals surface area contributed by atoms with Crippen LogP contribution in [0.2, 0.25) is 0 Å². The van der Waals surface area contributed by atoms with Crippen LogP contribution in [0, 0.1) is 13.8 Å². The van der Waals surface area contributed by atoms with Gasteiger partial charge in [0.1, 0.15) is 4.21 Å². The Morgan fingerprint density at radius 3 is 2.52 bits per heavy atom. The van der Waals surface area contributed by atoms with Crippen LogP contribution in [0.25, 0.3) is 0 Å². The molecule has 116 valence electrons. The maximum atomic E-state index is 12.4. The minimum Gasteiger partial charge on any atom is -0.312 e. The summed E-state index contributed by atoms with van der Waals surface area (Å²) >= 11 is 2.93. The van der Waals surface area contributed by atoms with Crippen molar-refractivity contribution in [3.63, 3.8) is 0 Å². The molecule has 0 aliphatic heterocycles. The van der Waals surface area contributed by atoms with Crippen molar-refractivity contribution in [1.82, 2.24) is 10.0 Å². The zero-order chi connectivity index (χ0) is 15.5. The first kappa shape index (κ1) is 16.6. The van der Waals surface area contributed by atoms with Crippen LogP contribution < -0.4 is 10.0 Å². The van der Waals surface area contributed by atoms with Crippen molar-refractivity contribution < 1.29 is 8.42 Å². The molecule has 0 atom stereocenters. The smallest absolute Gasteiger partial charge is 0.250 e. The number of hydrogen-bond donors (Lipinski definition) is 2. The second kappa shape index (κ2) is 7.02. The van der Waals surface area contributed by atoms with Gasteiger partial charge in [-0.05, 0) is 53.9 Å². The molecular formula is C14H20N2O2S3. The summed E-state index contributed by atoms with van der Waals surface area (Å²) in [5, 5.41) is 7.23. The molecular weight excluding hydrogens is 324 g/mol. The van der Waals surface area contributed by atoms with Gasteiger partial charge in [-0.15, -0.1) is 11.3 Å². The van der Waals surface area contributed by atoms with Gasteiger partial charge < -0.3 is 5.32 Å². The topological polar surface area (TPSA) is 58.2 Å². The van der Waals surface area contributed by atoms with Crippen molar-refractivity contribution in [2.45, 2.75) is 38.1 Å². The molecule has 2 N–H and O–H groups in total. The first-order valence-corrected chi connectivity index (χ1v) is 9.99. The molecule has 0 aliphatic carbocycles. The Labute approximate surface area is 134 Å². The monoisotopic (exact) mass is 344 g/mol. The molecule has 4 nitrogen and oxygen atoms in total. The predicted octanol–water partition coefficient (Wildman–Crippen LogP) is 3.01. The summed E-state index contributed by atoms with van der Waals surface area (Å²) in [6.07, 6.45) is 0. The maximum Gasteiger partial charge on any atom is 0.250 e. The highest BCUT2D eigenvalue weighted by Gasteiger charge is 2.19. The average molecular weight is 345 g/mol. The van der Waals surface area contributed by atoms with E-state index >= 15 is 0 Å². The third-order valence-electron chi connectivity index (χ3n) is 3.21. The van der Waals surface area contributed by atoms with Gasteiger partial charge in [0.25, 0.3) is 0 Å². The predicted molar refractivity (Wildman–Crippen MR) is 89.5 cm³/mol. The highest BCUT2D eigenvalue weighted by molar-refractivity contribution is 7.91. The van der Waals surface area contributed by atoms with Crippen LogP contribution in [0.4, 0.5) is 0 Å². The Kier molecular flexibility index (Phi) is 5.56. The van der Waals surface area contributed by atoms with E-state index in [0.717, 1.165) is 28.1 Å². The Morgan fingerprint density at radius 2 is 1.90 bits per heavy atom. The minimum absolute atomic E-state index is 0.344. The molecule has 2 heterocycles. The van der Waals surface area contributed by atoms with Crippen molar-refractivity contribution >= 4 is 32.7 Å². The van der Waals surface area contributed by atoms with Crippen LogP contribution in [0.5, 0.6) is 0 Å². The average Bonchev–Trinajstić information content (AvgIpc) is 3.01. The van der Waals surface area contributed by atoms with E-state index in [1.54, 1.807) is 17.4 Å². The van der Waals surface area contributed by atoms with Crippen molar-refractivity contribution in [2.75, 3.05) is 6.54 Å². The second-order valence-corrected chi connectivity index (χ2v) is 8.73. The molecule has 0 aromatic carbocycles. The molecule has 0 unspecified atom stereocenters. The number of thiophene rings is 2. The number of hydrogen-bond acceptors (Lipinski definition) is 5. The molecule has 0 bridgehead atoms. The van der Waals surface area contributed by atoms with E-state index in [2.05, 4.69) is 10.0 Å². The van der Waals surface area contributed by atoms with Crippen molar-refractivity contribution in [3.8, 4) is 0 Å². The fourth-order valence-corrected chi connectivity index (χ4v) is 5.31. The summed E-state index contributed by atoms with van der Waals surface area (Å²) in [6.45, 7) is 7.90. The molecule has 21 heavy (non-hydrogen) atoms. The first-order valence-electron chi connectivity index (χ1n) is 6.75. The van der Waals surface area contributed by atoms with Crippen molar-refractivity contribution in [2.24, 2.45) is 0 Å². The highest BCUT2D eigenvalue weighted by atomic mass is 32.2. The number of rotatable bonds is 7. The molecule has 2 aromatic rings. The van der Waals surface area contributed by atoms with Gasteiger partial charge in [0, 0.05) is 18.0 Å². The third kappa shape index (κ3) is 4.14. The second-order valence-electron chi connectivity index (χ2n) is 4.86. The molecule has 0 amide bonds. The quantitative estimate of drug-likeness (QED) is 0.812. The summed E-state index contributed by atoms with van der Waals surface area (Å²) in [4.78, 5) is 1.07. The fraction of sp³-hybridized carbons (Fsp3) is 0.429. The molecule has 0 saturated carbocycles. The van der Waals surface area contributed by atoms with Gasteiger partial charge in [0.05, 0.1) is 0 Å². The van der Waals surface area contributed by atoms with E-state index < -0.39 is 10.0 Å². The van der Waals surface area contributed by atoms with Crippen LogP contribution in [0.3, 0.4) is 0 Å². The van der Waals surface area contributed by atoms with E-state index in [1.807, 2.05) is 31.5 Å². The first-order chi connectivity index (χ1) is 9.94. The highest BCUT2D eigenvalue weighted by Crippen LogP contribution is 2.26. The van der Waals surface area contributed by atoms with E-state index in [1.165, 1.54) is 11.3 Å². The Bertz CT molecular complexity index is 702. The molecule has 0 fully saturated rings. The van der Waals surface area contributed by atoms with Crippen LogP contribution in [0.15, 0.2) is 21.0 Å². The molecule has 7 heteroatoms. The van der Waals surface area contributed by atoms with Gasteiger partial charge in [-0.1, -0.05) is 6.92 Å².